The van der Waals surface area contributed by atoms with Gasteiger partial charge in [0, 0.05) is 34.5 Å². The van der Waals surface area contributed by atoms with Crippen LogP contribution in [-0.4, -0.2) is 32.8 Å². The quantitative estimate of drug-likeness (QED) is 0.476. The molecule has 0 aliphatic carbocycles. The largest absolute Gasteiger partial charge is 0.493 e. The number of halogens is 3. The summed E-state index contributed by atoms with van der Waals surface area (Å²) >= 11 is 0. The Morgan fingerprint density at radius 2 is 1.91 bits per heavy atom. The Kier molecular flexibility index (Phi) is 4.42. The van der Waals surface area contributed by atoms with E-state index in [-0.39, 0.29) is 30.6 Å². The van der Waals surface area contributed by atoms with Crippen molar-refractivity contribution in [2.75, 3.05) is 18.5 Å². The van der Waals surface area contributed by atoms with Gasteiger partial charge in [0.15, 0.2) is 17.2 Å². The van der Waals surface area contributed by atoms with Crippen molar-refractivity contribution in [1.29, 1.82) is 0 Å². The lowest BCUT2D eigenvalue weighted by molar-refractivity contribution is 0.146. The first-order chi connectivity index (χ1) is 16.0. The number of nitrogens with zero attached hydrogens (tertiary/aromatic N) is 4. The maximum atomic E-state index is 14.7. The second-order valence-corrected chi connectivity index (χ2v) is 8.08. The van der Waals surface area contributed by atoms with Crippen LogP contribution in [0.3, 0.4) is 0 Å². The van der Waals surface area contributed by atoms with E-state index in [1.807, 2.05) is 0 Å². The second kappa shape index (κ2) is 7.36. The van der Waals surface area contributed by atoms with Crippen LogP contribution in [0, 0.1) is 12.7 Å². The number of aromatic nitrogens is 4. The van der Waals surface area contributed by atoms with Crippen LogP contribution in [0.15, 0.2) is 36.7 Å². The minimum Gasteiger partial charge on any atom is -0.493 e. The molecule has 5 heterocycles. The predicted octanol–water partition coefficient (Wildman–Crippen LogP) is 4.66. The maximum absolute atomic E-state index is 14.7. The molecule has 0 bridgehead atoms. The molecule has 3 aromatic heterocycles. The summed E-state index contributed by atoms with van der Waals surface area (Å²) < 4.78 is 54.6. The summed E-state index contributed by atoms with van der Waals surface area (Å²) in [5.41, 5.74) is 3.30. The summed E-state index contributed by atoms with van der Waals surface area (Å²) in [5.74, 6) is 1.33. The van der Waals surface area contributed by atoms with Gasteiger partial charge in [-0.1, -0.05) is 6.07 Å². The molecule has 33 heavy (non-hydrogen) atoms. The van der Waals surface area contributed by atoms with Crippen LogP contribution in [0.25, 0.3) is 16.8 Å². The van der Waals surface area contributed by atoms with Crippen LogP contribution in [-0.2, 0) is 6.54 Å². The number of alkyl halides is 2. The van der Waals surface area contributed by atoms with Crippen molar-refractivity contribution in [3.05, 3.63) is 65.0 Å². The molecule has 168 valence electrons. The minimum absolute atomic E-state index is 0.118. The fourth-order valence-electron chi connectivity index (χ4n) is 4.57. The maximum Gasteiger partial charge on any atom is 0.280 e. The van der Waals surface area contributed by atoms with Crippen LogP contribution in [0.4, 0.5) is 19.0 Å². The molecule has 7 nitrogen and oxygen atoms in total. The number of fused-ring (bicyclic) bond motifs is 3. The third-order valence-corrected chi connectivity index (χ3v) is 6.14. The average Bonchev–Trinajstić information content (AvgIpc) is 3.45. The third-order valence-electron chi connectivity index (χ3n) is 6.14. The zero-order valence-electron chi connectivity index (χ0n) is 17.5. The van der Waals surface area contributed by atoms with Gasteiger partial charge < -0.3 is 14.8 Å². The standard InChI is InChI=1S/C23H18F3N5O2/c1-11-13(2-4-17(29-11)21(25)26)14-6-19-23(31-10-28-30-22(14)31)27-7-15-16(24)3-5-18-20(15)12(8-32-18)9-33-19/h2-6,10,12,21,27H,7-9H2,1H3/t12-/m1/s1. The fraction of sp³-hybridized carbons (Fsp3) is 0.261. The van der Waals surface area contributed by atoms with Gasteiger partial charge in [0.05, 0.1) is 19.1 Å². The number of ether oxygens (including phenoxy) is 2. The van der Waals surface area contributed by atoms with Crippen LogP contribution < -0.4 is 14.8 Å². The Bertz CT molecular complexity index is 1400. The molecular formula is C23H18F3N5O2. The Morgan fingerprint density at radius 1 is 1.09 bits per heavy atom. The van der Waals surface area contributed by atoms with Crippen LogP contribution >= 0.6 is 0 Å². The summed E-state index contributed by atoms with van der Waals surface area (Å²) in [5, 5.41) is 11.5. The van der Waals surface area contributed by atoms with E-state index in [1.54, 1.807) is 29.5 Å². The highest BCUT2D eigenvalue weighted by molar-refractivity contribution is 5.83. The minimum atomic E-state index is -2.65. The number of hydrogen-bond acceptors (Lipinski definition) is 6. The van der Waals surface area contributed by atoms with Crippen molar-refractivity contribution < 1.29 is 22.6 Å². The first-order valence-electron chi connectivity index (χ1n) is 10.4. The molecule has 6 rings (SSSR count). The second-order valence-electron chi connectivity index (χ2n) is 8.08. The Morgan fingerprint density at radius 3 is 2.70 bits per heavy atom. The number of rotatable bonds is 2. The highest BCUT2D eigenvalue weighted by Crippen LogP contribution is 2.42. The number of aryl methyl sites for hydroxylation is 1. The lowest BCUT2D eigenvalue weighted by atomic mass is 9.96. The molecule has 1 N–H and O–H groups in total. The summed E-state index contributed by atoms with van der Waals surface area (Å²) in [7, 11) is 0. The highest BCUT2D eigenvalue weighted by atomic mass is 19.3. The van der Waals surface area contributed by atoms with E-state index >= 15 is 0 Å². The van der Waals surface area contributed by atoms with Crippen molar-refractivity contribution in [3.63, 3.8) is 0 Å². The van der Waals surface area contributed by atoms with Crippen molar-refractivity contribution in [2.45, 2.75) is 25.8 Å². The number of hydrogen-bond donors (Lipinski definition) is 1. The lowest BCUT2D eigenvalue weighted by Gasteiger charge is -2.17. The van der Waals surface area contributed by atoms with Crippen LogP contribution in [0.1, 0.15) is 34.9 Å². The summed E-state index contributed by atoms with van der Waals surface area (Å²) in [6.45, 7) is 2.58. The van der Waals surface area contributed by atoms with E-state index in [0.29, 0.717) is 52.0 Å². The topological polar surface area (TPSA) is 73.6 Å². The molecule has 1 aromatic carbocycles. The summed E-state index contributed by atoms with van der Waals surface area (Å²) in [6, 6.07) is 7.76. The van der Waals surface area contributed by atoms with Crippen LogP contribution in [0.2, 0.25) is 0 Å². The molecule has 0 spiro atoms. The van der Waals surface area contributed by atoms with Crippen molar-refractivity contribution in [1.82, 2.24) is 19.6 Å². The first-order valence-corrected chi connectivity index (χ1v) is 10.4. The number of nitrogens with one attached hydrogen (secondary N) is 1. The van der Waals surface area contributed by atoms with E-state index in [1.165, 1.54) is 18.5 Å². The molecule has 0 amide bonds. The SMILES string of the molecule is Cc1nc(C(F)F)ccc1-c1cc2c(n3cnnc13)NCc1c(F)ccc3c1[C@H](CO3)CO2. The zero-order chi connectivity index (χ0) is 22.7. The molecular weight excluding hydrogens is 435 g/mol. The summed E-state index contributed by atoms with van der Waals surface area (Å²) in [4.78, 5) is 4.05. The predicted molar refractivity (Wildman–Crippen MR) is 113 cm³/mol. The smallest absolute Gasteiger partial charge is 0.280 e. The summed E-state index contributed by atoms with van der Waals surface area (Å²) in [6.07, 6.45) is -1.12. The Balaban J connectivity index is 1.49. The molecule has 0 saturated carbocycles. The van der Waals surface area contributed by atoms with Crippen molar-refractivity contribution in [3.8, 4) is 22.6 Å². The molecule has 0 fully saturated rings. The van der Waals surface area contributed by atoms with Gasteiger partial charge in [0.2, 0.25) is 0 Å². The third kappa shape index (κ3) is 3.08. The van der Waals surface area contributed by atoms with E-state index in [0.717, 1.165) is 5.56 Å². The van der Waals surface area contributed by atoms with E-state index in [9.17, 15) is 13.2 Å². The van der Waals surface area contributed by atoms with Gasteiger partial charge in [-0.2, -0.15) is 0 Å². The lowest BCUT2D eigenvalue weighted by Crippen LogP contribution is -2.13. The number of anilines is 1. The Labute approximate surface area is 186 Å². The van der Waals surface area contributed by atoms with Gasteiger partial charge in [0.25, 0.3) is 6.43 Å². The van der Waals surface area contributed by atoms with Gasteiger partial charge in [-0.05, 0) is 31.2 Å². The molecule has 10 heteroatoms. The van der Waals surface area contributed by atoms with Gasteiger partial charge in [0.1, 0.15) is 23.6 Å². The molecule has 2 aliphatic rings. The number of pyridine rings is 2. The van der Waals surface area contributed by atoms with E-state index in [4.69, 9.17) is 9.47 Å². The zero-order valence-corrected chi connectivity index (χ0v) is 17.5. The molecule has 0 radical (unpaired) electrons. The molecule has 0 saturated heterocycles. The van der Waals surface area contributed by atoms with Crippen molar-refractivity contribution >= 4 is 11.5 Å². The van der Waals surface area contributed by atoms with Crippen molar-refractivity contribution in [2.24, 2.45) is 0 Å². The van der Waals surface area contributed by atoms with Gasteiger partial charge in [-0.15, -0.1) is 10.2 Å². The average molecular weight is 453 g/mol. The molecule has 0 unspecified atom stereocenters. The fourth-order valence-corrected chi connectivity index (χ4v) is 4.57. The van der Waals surface area contributed by atoms with Gasteiger partial charge >= 0.3 is 0 Å². The molecule has 1 atom stereocenters. The molecule has 2 aliphatic heterocycles. The van der Waals surface area contributed by atoms with Gasteiger partial charge in [-0.3, -0.25) is 9.38 Å². The van der Waals surface area contributed by atoms with E-state index < -0.39 is 6.43 Å². The monoisotopic (exact) mass is 453 g/mol. The van der Waals surface area contributed by atoms with Gasteiger partial charge in [-0.25, -0.2) is 13.2 Å². The number of benzene rings is 1. The molecule has 4 aromatic rings. The first kappa shape index (κ1) is 19.8. The highest BCUT2D eigenvalue weighted by Gasteiger charge is 2.31. The normalized spacial score (nSPS) is 16.8. The van der Waals surface area contributed by atoms with Crippen LogP contribution in [0.5, 0.6) is 11.5 Å². The Hall–Kier alpha value is -3.82. The van der Waals surface area contributed by atoms with E-state index in [2.05, 4.69) is 20.5 Å².